The number of nitrogens with one attached hydrogen (secondary N) is 4. The lowest BCUT2D eigenvalue weighted by Crippen LogP contribution is -2.27. The van der Waals surface area contributed by atoms with Gasteiger partial charge < -0.3 is 40.9 Å². The van der Waals surface area contributed by atoms with Crippen LogP contribution in [0.1, 0.15) is 174 Å². The predicted molar refractivity (Wildman–Crippen MR) is 410 cm³/mol. The van der Waals surface area contributed by atoms with E-state index in [9.17, 15) is 38.4 Å². The minimum atomic E-state index is -0.573. The first kappa shape index (κ1) is 87.6. The monoisotopic (exact) mass is 1500 g/mol. The molecule has 4 amide bonds. The lowest BCUT2D eigenvalue weighted by atomic mass is 9.97. The molecule has 10 N–H and O–H groups in total. The van der Waals surface area contributed by atoms with Gasteiger partial charge in [-0.2, -0.15) is 5.26 Å². The second-order valence-electron chi connectivity index (χ2n) is 26.6. The topological polar surface area (TPSA) is 410 Å². The number of ether oxygens (including phenoxy) is 5. The second-order valence-corrected chi connectivity index (χ2v) is 27.1. The zero-order chi connectivity index (χ0) is 77.4. The van der Waals surface area contributed by atoms with Crippen LogP contribution in [-0.2, 0) is 48.3 Å². The number of pyridine rings is 6. The van der Waals surface area contributed by atoms with Gasteiger partial charge in [0.05, 0.1) is 40.9 Å². The number of aryl methyl sites for hydroxylation is 3. The summed E-state index contributed by atoms with van der Waals surface area (Å²) in [7, 11) is 0. The summed E-state index contributed by atoms with van der Waals surface area (Å²) in [6.07, 6.45) is -0.0983. The molecule has 7 heterocycles. The number of aromatic nitrogens is 6. The molecule has 1 aliphatic heterocycles. The number of rotatable bonds is 11. The van der Waals surface area contributed by atoms with Crippen LogP contribution in [0.2, 0.25) is 0 Å². The standard InChI is InChI=1S/C16H14N2O2.C12H19N3O2.C12H15N3O2.C11H15BrN2O2.C11H16N2O2.C8H4O3.C6H8N2.CH4.H2/c17-14-7-3-4-10(18-14)8-9-13-15(19)11-5-1-2-6-12(11)16(13)20;2*1-12(2,3)17-11(16)15-10-6-4-5-9(14-10)7-8-13;1-11(2,3)16-10(15)14-9-6-4-5-8(7-12)13-9;1-8-6-5-7-9(12-8)13-10(14)15-11(2,3)4;9-7-5-3-1-2-4-6(5)8(10)11-7;1-5-3-2-4-6(7)8-5;;/h1-7,13H,8-9H2,(H2,17,18);4-6H,7-8,13H2,1-3H3,(H,14,15,16);4-6H,7H2,1-3H3,(H,14,15,16);4-6H,7H2,1-3H3,(H,13,14,15);5-7H,1-4H3,(H,12,13,14);1-4H;2-4H,1H3,(H2,7,8);1H4;1H. The van der Waals surface area contributed by atoms with Crippen molar-refractivity contribution in [2.24, 2.45) is 11.7 Å². The van der Waals surface area contributed by atoms with Crippen LogP contribution >= 0.6 is 15.9 Å². The summed E-state index contributed by atoms with van der Waals surface area (Å²) in [5.41, 5.74) is 21.1. The molecule has 6 aromatic heterocycles. The maximum Gasteiger partial charge on any atom is 0.413 e. The van der Waals surface area contributed by atoms with E-state index in [2.05, 4.69) is 71.8 Å². The molecule has 8 aromatic rings. The third-order valence-electron chi connectivity index (χ3n) is 12.7. The van der Waals surface area contributed by atoms with Gasteiger partial charge in [0.2, 0.25) is 0 Å². The minimum Gasteiger partial charge on any atom is -0.444 e. The number of esters is 2. The van der Waals surface area contributed by atoms with Crippen molar-refractivity contribution in [1.29, 1.82) is 5.26 Å². The van der Waals surface area contributed by atoms with Crippen molar-refractivity contribution in [3.8, 4) is 6.07 Å². The number of nitrogen functional groups attached to an aromatic ring is 2. The molecule has 28 heteroatoms. The Kier molecular flexibility index (Phi) is 35.2. The van der Waals surface area contributed by atoms with Crippen molar-refractivity contribution < 1.29 is 63.5 Å². The average molecular weight is 1510 g/mol. The smallest absolute Gasteiger partial charge is 0.413 e. The summed E-state index contributed by atoms with van der Waals surface area (Å²) in [6.45, 7) is 26.0. The molecule has 10 rings (SSSR count). The zero-order valence-corrected chi connectivity index (χ0v) is 62.5. The molecule has 0 unspecified atom stereocenters. The number of carbonyl (C=O) groups is 8. The van der Waals surface area contributed by atoms with E-state index < -0.39 is 64.6 Å². The summed E-state index contributed by atoms with van der Waals surface area (Å²) in [5.74, 6) is 1.07. The highest BCUT2D eigenvalue weighted by Crippen LogP contribution is 2.30. The Bertz CT molecular complexity index is 4200. The molecular weight excluding hydrogens is 1410 g/mol. The molecule has 0 fully saturated rings. The molecule has 0 radical (unpaired) electrons. The largest absolute Gasteiger partial charge is 0.444 e. The number of nitriles is 1. The number of fused-ring (bicyclic) bond motifs is 2. The van der Waals surface area contributed by atoms with Gasteiger partial charge >= 0.3 is 36.3 Å². The van der Waals surface area contributed by atoms with E-state index in [0.29, 0.717) is 94.0 Å². The van der Waals surface area contributed by atoms with Gasteiger partial charge in [-0.15, -0.1) is 0 Å². The Labute approximate surface area is 623 Å². The van der Waals surface area contributed by atoms with Crippen LogP contribution in [0.3, 0.4) is 0 Å². The van der Waals surface area contributed by atoms with E-state index in [1.807, 2.05) is 143 Å². The number of anilines is 6. The fourth-order valence-corrected chi connectivity index (χ4v) is 8.94. The van der Waals surface area contributed by atoms with Crippen molar-refractivity contribution in [1.82, 2.24) is 29.9 Å². The summed E-state index contributed by atoms with van der Waals surface area (Å²) in [4.78, 5) is 117. The lowest BCUT2D eigenvalue weighted by Gasteiger charge is -2.19. The summed E-state index contributed by atoms with van der Waals surface area (Å²) in [5, 5.41) is 19.4. The molecule has 0 atom stereocenters. The van der Waals surface area contributed by atoms with Crippen LogP contribution in [0.25, 0.3) is 0 Å². The Morgan fingerprint density at radius 1 is 0.457 bits per heavy atom. The number of nitrogens with zero attached hydrogens (tertiary/aromatic N) is 7. The molecule has 105 heavy (non-hydrogen) atoms. The van der Waals surface area contributed by atoms with E-state index in [0.717, 1.165) is 28.5 Å². The number of benzene rings is 2. The van der Waals surface area contributed by atoms with Crippen molar-refractivity contribution >= 4 is 98.7 Å². The normalized spacial score (nSPS) is 11.7. The average Bonchev–Trinajstić information content (AvgIpc) is 1.65. The van der Waals surface area contributed by atoms with E-state index >= 15 is 0 Å². The van der Waals surface area contributed by atoms with Crippen LogP contribution in [0, 0.1) is 31.1 Å². The van der Waals surface area contributed by atoms with Crippen molar-refractivity contribution in [2.75, 3.05) is 39.3 Å². The first-order valence-corrected chi connectivity index (χ1v) is 33.8. The minimum absolute atomic E-state index is 0. The van der Waals surface area contributed by atoms with E-state index in [1.54, 1.807) is 118 Å². The van der Waals surface area contributed by atoms with Gasteiger partial charge in [0.15, 0.2) is 11.6 Å². The number of alkyl halides is 1. The maximum absolute atomic E-state index is 12.2. The number of ketones is 2. The second kappa shape index (κ2) is 42.1. The van der Waals surface area contributed by atoms with Crippen LogP contribution < -0.4 is 38.5 Å². The van der Waals surface area contributed by atoms with E-state index in [1.165, 1.54) is 0 Å². The quantitative estimate of drug-likeness (QED) is 0.0274. The first-order chi connectivity index (χ1) is 48.8. The van der Waals surface area contributed by atoms with Gasteiger partial charge in [0.1, 0.15) is 57.3 Å². The summed E-state index contributed by atoms with van der Waals surface area (Å²) in [6, 6.07) is 47.8. The van der Waals surface area contributed by atoms with E-state index in [4.69, 9.17) is 41.4 Å². The molecule has 1 aliphatic carbocycles. The lowest BCUT2D eigenvalue weighted by molar-refractivity contribution is 0.0439. The van der Waals surface area contributed by atoms with Crippen LogP contribution in [0.15, 0.2) is 158 Å². The van der Waals surface area contributed by atoms with Crippen molar-refractivity contribution in [2.45, 2.75) is 158 Å². The highest BCUT2D eigenvalue weighted by Gasteiger charge is 2.38. The van der Waals surface area contributed by atoms with Gasteiger partial charge in [-0.25, -0.2) is 58.7 Å². The van der Waals surface area contributed by atoms with Gasteiger partial charge in [-0.3, -0.25) is 30.9 Å². The predicted octanol–water partition coefficient (Wildman–Crippen LogP) is 15.6. The highest BCUT2D eigenvalue weighted by atomic mass is 79.9. The Balaban J connectivity index is 0.000000424. The molecule has 0 bridgehead atoms. The van der Waals surface area contributed by atoms with Crippen molar-refractivity contribution in [3.63, 3.8) is 0 Å². The highest BCUT2D eigenvalue weighted by molar-refractivity contribution is 9.08. The molecule has 27 nitrogen and oxygen atoms in total. The number of carbonyl (C=O) groups excluding carboxylic acids is 8. The van der Waals surface area contributed by atoms with E-state index in [-0.39, 0.29) is 26.8 Å². The van der Waals surface area contributed by atoms with Crippen molar-refractivity contribution in [3.05, 3.63) is 214 Å². The van der Waals surface area contributed by atoms with Gasteiger partial charge in [-0.1, -0.05) is 96.2 Å². The zero-order valence-electron chi connectivity index (χ0n) is 60.9. The number of cyclic esters (lactones) is 2. The Morgan fingerprint density at radius 2 is 0.781 bits per heavy atom. The third-order valence-corrected chi connectivity index (χ3v) is 13.3. The maximum atomic E-state index is 12.2. The van der Waals surface area contributed by atoms with Gasteiger partial charge in [0.25, 0.3) is 0 Å². The number of nitrogens with two attached hydrogens (primary N) is 3. The molecule has 2 aliphatic rings. The fraction of sp³-hybridized carbons (Fsp3) is 0.338. The van der Waals surface area contributed by atoms with Crippen LogP contribution in [0.5, 0.6) is 0 Å². The SMILES string of the molecule is C.CC(C)(C)OC(=O)Nc1cccc(CBr)n1.CC(C)(C)OC(=O)Nc1cccc(CC#N)n1.CC(C)(C)OC(=O)Nc1cccc(CCN)n1.Cc1cccc(N)n1.Cc1cccc(NC(=O)OC(C)(C)C)n1.Nc1cccc(CCC2C(=O)c3ccccc3C2=O)n1.O=C1OC(=O)c2ccccc21.[HH]. The van der Waals surface area contributed by atoms with Gasteiger partial charge in [-0.05, 0) is 201 Å². The van der Waals surface area contributed by atoms with Crippen LogP contribution in [-0.4, -0.2) is 107 Å². The Hall–Kier alpha value is -11.6. The molecule has 0 saturated heterocycles. The fourth-order valence-electron chi connectivity index (χ4n) is 8.63. The number of hydrogen-bond acceptors (Lipinski definition) is 23. The van der Waals surface area contributed by atoms with Crippen LogP contribution in [0.4, 0.5) is 54.1 Å². The van der Waals surface area contributed by atoms with Gasteiger partial charge in [0, 0.05) is 47.1 Å². The summed E-state index contributed by atoms with van der Waals surface area (Å²) >= 11 is 3.30. The molecule has 0 spiro atoms. The third kappa shape index (κ3) is 34.8. The molecule has 560 valence electrons. The number of halogens is 1. The molecular formula is C77H97BrN14O13. The molecule has 2 aromatic carbocycles. The first-order valence-electron chi connectivity index (χ1n) is 32.7. The number of Topliss-reactive ketones (excluding diaryl/α,β-unsaturated/α-hetero) is 2. The molecule has 0 saturated carbocycles. The number of amides is 4. The number of hydrogen-bond donors (Lipinski definition) is 7. The summed E-state index contributed by atoms with van der Waals surface area (Å²) < 4.78 is 24.8. The Morgan fingerprint density at radius 3 is 1.13 bits per heavy atom.